The number of aromatic nitrogens is 4. The zero-order valence-electron chi connectivity index (χ0n) is 20.1. The lowest BCUT2D eigenvalue weighted by molar-refractivity contribution is 0.102. The molecule has 2 aromatic carbocycles. The van der Waals surface area contributed by atoms with Gasteiger partial charge >= 0.3 is 0 Å². The van der Waals surface area contributed by atoms with Gasteiger partial charge in [0.15, 0.2) is 10.1 Å². The molecule has 0 unspecified atom stereocenters. The normalized spacial score (nSPS) is 10.9. The topological polar surface area (TPSA) is 94.1 Å². The number of nitrogens with one attached hydrogen (secondary N) is 2. The SMILES string of the molecule is CCOc1cc(-c2ccc(C(=O)Nc3cccc(-n4[nH]nnc4=S)c3)cc2-c2csc(OCC)c2)cs1. The minimum absolute atomic E-state index is 0.225. The summed E-state index contributed by atoms with van der Waals surface area (Å²) >= 11 is 8.27. The smallest absolute Gasteiger partial charge is 0.255 e. The first kappa shape index (κ1) is 24.9. The van der Waals surface area contributed by atoms with Crippen LogP contribution in [-0.4, -0.2) is 39.3 Å². The van der Waals surface area contributed by atoms with Gasteiger partial charge in [-0.2, -0.15) is 5.21 Å². The van der Waals surface area contributed by atoms with E-state index in [1.165, 1.54) is 11.3 Å². The molecular weight excluding hydrogens is 527 g/mol. The molecule has 37 heavy (non-hydrogen) atoms. The second kappa shape index (κ2) is 11.1. The van der Waals surface area contributed by atoms with Crippen LogP contribution in [0.3, 0.4) is 0 Å². The molecule has 0 spiro atoms. The Morgan fingerprint density at radius 3 is 2.32 bits per heavy atom. The van der Waals surface area contributed by atoms with Gasteiger partial charge in [0.1, 0.15) is 0 Å². The van der Waals surface area contributed by atoms with Crippen LogP contribution < -0.4 is 14.8 Å². The van der Waals surface area contributed by atoms with E-state index in [0.717, 1.165) is 32.4 Å². The number of aromatic amines is 1. The summed E-state index contributed by atoms with van der Waals surface area (Å²) in [6.45, 7) is 5.13. The number of anilines is 1. The number of amides is 1. The maximum absolute atomic E-state index is 13.3. The second-order valence-electron chi connectivity index (χ2n) is 7.86. The molecule has 5 rings (SSSR count). The molecule has 2 N–H and O–H groups in total. The average molecular weight is 550 g/mol. The van der Waals surface area contributed by atoms with Crippen molar-refractivity contribution < 1.29 is 14.3 Å². The lowest BCUT2D eigenvalue weighted by atomic mass is 9.95. The van der Waals surface area contributed by atoms with Crippen LogP contribution in [-0.2, 0) is 0 Å². The fourth-order valence-corrected chi connectivity index (χ4v) is 5.64. The van der Waals surface area contributed by atoms with Gasteiger partial charge in [0, 0.05) is 22.0 Å². The zero-order chi connectivity index (χ0) is 25.8. The van der Waals surface area contributed by atoms with Crippen LogP contribution in [0.15, 0.2) is 65.4 Å². The third kappa shape index (κ3) is 5.48. The largest absolute Gasteiger partial charge is 0.484 e. The average Bonchev–Trinajstić information content (AvgIpc) is 3.66. The van der Waals surface area contributed by atoms with E-state index < -0.39 is 0 Å². The maximum atomic E-state index is 13.3. The molecule has 0 aliphatic carbocycles. The fraction of sp³-hybridized carbons (Fsp3) is 0.154. The molecule has 188 valence electrons. The van der Waals surface area contributed by atoms with Gasteiger partial charge in [-0.1, -0.05) is 22.4 Å². The van der Waals surface area contributed by atoms with Crippen LogP contribution >= 0.6 is 34.9 Å². The number of benzene rings is 2. The fourth-order valence-electron chi connectivity index (χ4n) is 3.82. The van der Waals surface area contributed by atoms with Crippen molar-refractivity contribution in [3.8, 4) is 38.1 Å². The minimum atomic E-state index is -0.225. The van der Waals surface area contributed by atoms with Gasteiger partial charge in [-0.25, -0.2) is 4.68 Å². The molecule has 0 bridgehead atoms. The van der Waals surface area contributed by atoms with Gasteiger partial charge in [-0.3, -0.25) is 4.79 Å². The summed E-state index contributed by atoms with van der Waals surface area (Å²) in [7, 11) is 0. The number of thiophene rings is 2. The third-order valence-corrected chi connectivity index (χ3v) is 7.41. The molecule has 0 saturated heterocycles. The van der Waals surface area contributed by atoms with E-state index in [9.17, 15) is 4.79 Å². The van der Waals surface area contributed by atoms with Crippen molar-refractivity contribution >= 4 is 46.5 Å². The van der Waals surface area contributed by atoms with Gasteiger partial charge in [-0.15, -0.1) is 22.7 Å². The summed E-state index contributed by atoms with van der Waals surface area (Å²) in [5.41, 5.74) is 5.86. The molecule has 11 heteroatoms. The predicted molar refractivity (Wildman–Crippen MR) is 150 cm³/mol. The van der Waals surface area contributed by atoms with E-state index in [1.807, 2.05) is 67.8 Å². The van der Waals surface area contributed by atoms with Gasteiger partial charge in [0.05, 0.1) is 18.9 Å². The van der Waals surface area contributed by atoms with E-state index in [0.29, 0.717) is 34.9 Å². The van der Waals surface area contributed by atoms with Crippen molar-refractivity contribution in [1.29, 1.82) is 0 Å². The van der Waals surface area contributed by atoms with Gasteiger partial charge < -0.3 is 14.8 Å². The Kier molecular flexibility index (Phi) is 7.45. The molecular formula is C26H23N5O3S3. The molecule has 0 aliphatic heterocycles. The standard InChI is InChI=1S/C26H23N5O3S3/c1-3-33-23-11-17(14-36-23)21-9-8-16(10-22(21)18-12-24(34-4-2)37-15-18)25(32)27-19-6-5-7-20(13-19)31-26(35)28-29-30-31/h5-15H,3-4H2,1-2H3,(H,27,32)(H,28,30,35). The van der Waals surface area contributed by atoms with Crippen molar-refractivity contribution in [2.75, 3.05) is 18.5 Å². The van der Waals surface area contributed by atoms with E-state index in [1.54, 1.807) is 22.1 Å². The summed E-state index contributed by atoms with van der Waals surface area (Å²) in [6.07, 6.45) is 0. The van der Waals surface area contributed by atoms with E-state index >= 15 is 0 Å². The van der Waals surface area contributed by atoms with Crippen LogP contribution in [0.5, 0.6) is 10.1 Å². The Morgan fingerprint density at radius 1 is 0.973 bits per heavy atom. The number of ether oxygens (including phenoxy) is 2. The second-order valence-corrected chi connectivity index (χ2v) is 9.97. The molecule has 3 aromatic heterocycles. The highest BCUT2D eigenvalue weighted by Gasteiger charge is 2.16. The molecule has 0 aliphatic rings. The maximum Gasteiger partial charge on any atom is 0.255 e. The predicted octanol–water partition coefficient (Wildman–Crippen LogP) is 6.83. The summed E-state index contributed by atoms with van der Waals surface area (Å²) in [4.78, 5) is 13.3. The minimum Gasteiger partial charge on any atom is -0.484 e. The first-order valence-electron chi connectivity index (χ1n) is 11.5. The number of rotatable bonds is 9. The van der Waals surface area contributed by atoms with Crippen molar-refractivity contribution in [3.63, 3.8) is 0 Å². The van der Waals surface area contributed by atoms with Crippen molar-refractivity contribution in [2.24, 2.45) is 0 Å². The number of carbonyl (C=O) groups is 1. The zero-order valence-corrected chi connectivity index (χ0v) is 22.5. The summed E-state index contributed by atoms with van der Waals surface area (Å²) in [5, 5.41) is 19.0. The number of tetrazole rings is 1. The van der Waals surface area contributed by atoms with Crippen LogP contribution in [0, 0.1) is 4.77 Å². The Bertz CT molecular complexity index is 1600. The van der Waals surface area contributed by atoms with Crippen LogP contribution in [0.25, 0.3) is 27.9 Å². The van der Waals surface area contributed by atoms with Gasteiger partial charge in [-0.05, 0) is 90.8 Å². The summed E-state index contributed by atoms with van der Waals surface area (Å²) in [5.74, 6) is -0.225. The van der Waals surface area contributed by atoms with Crippen LogP contribution in [0.1, 0.15) is 24.2 Å². The Balaban J connectivity index is 1.48. The summed E-state index contributed by atoms with van der Waals surface area (Å²) < 4.78 is 13.2. The van der Waals surface area contributed by atoms with E-state index in [2.05, 4.69) is 26.2 Å². The van der Waals surface area contributed by atoms with Gasteiger partial charge in [0.2, 0.25) is 4.77 Å². The molecule has 0 atom stereocenters. The molecule has 1 amide bonds. The van der Waals surface area contributed by atoms with Crippen LogP contribution in [0.2, 0.25) is 0 Å². The lowest BCUT2D eigenvalue weighted by Gasteiger charge is -2.12. The molecule has 3 heterocycles. The van der Waals surface area contributed by atoms with Gasteiger partial charge in [0.25, 0.3) is 5.91 Å². The van der Waals surface area contributed by atoms with Crippen molar-refractivity contribution in [1.82, 2.24) is 20.2 Å². The molecule has 0 radical (unpaired) electrons. The summed E-state index contributed by atoms with van der Waals surface area (Å²) in [6, 6.07) is 17.1. The van der Waals surface area contributed by atoms with E-state index in [4.69, 9.17) is 21.7 Å². The Hall–Kier alpha value is -3.80. The number of hydrogen-bond acceptors (Lipinski definition) is 8. The number of carbonyl (C=O) groups excluding carboxylic acids is 1. The van der Waals surface area contributed by atoms with E-state index in [-0.39, 0.29) is 5.91 Å². The van der Waals surface area contributed by atoms with Crippen LogP contribution in [0.4, 0.5) is 5.69 Å². The number of nitrogens with zero attached hydrogens (tertiary/aromatic N) is 3. The highest BCUT2D eigenvalue weighted by molar-refractivity contribution is 7.71. The molecule has 0 saturated carbocycles. The Labute approximate surface area is 226 Å². The molecule has 5 aromatic rings. The Morgan fingerprint density at radius 2 is 1.68 bits per heavy atom. The molecule has 8 nitrogen and oxygen atoms in total. The van der Waals surface area contributed by atoms with Crippen molar-refractivity contribution in [3.05, 3.63) is 75.7 Å². The first-order valence-corrected chi connectivity index (χ1v) is 13.7. The third-order valence-electron chi connectivity index (χ3n) is 5.46. The monoisotopic (exact) mass is 549 g/mol. The number of H-pyrrole nitrogens is 1. The number of hydrogen-bond donors (Lipinski definition) is 2. The lowest BCUT2D eigenvalue weighted by Crippen LogP contribution is -2.12. The van der Waals surface area contributed by atoms with Crippen molar-refractivity contribution in [2.45, 2.75) is 13.8 Å². The molecule has 0 fully saturated rings. The quantitative estimate of drug-likeness (QED) is 0.196. The highest BCUT2D eigenvalue weighted by atomic mass is 32.1. The highest BCUT2D eigenvalue weighted by Crippen LogP contribution is 2.40. The first-order chi connectivity index (χ1) is 18.1.